The lowest BCUT2D eigenvalue weighted by molar-refractivity contribution is 0.184. The predicted octanol–water partition coefficient (Wildman–Crippen LogP) is 3.49. The molecule has 0 aliphatic rings. The van der Waals surface area contributed by atoms with Crippen LogP contribution in [0, 0.1) is 13.8 Å². The number of hydrogen-bond donors (Lipinski definition) is 3. The minimum atomic E-state index is -0.611. The van der Waals surface area contributed by atoms with Gasteiger partial charge in [-0.3, -0.25) is 4.99 Å². The maximum absolute atomic E-state index is 10.1. The third kappa shape index (κ3) is 6.18. The van der Waals surface area contributed by atoms with Crippen molar-refractivity contribution in [3.8, 4) is 0 Å². The van der Waals surface area contributed by atoms with Crippen LogP contribution in [0.4, 0.5) is 0 Å². The van der Waals surface area contributed by atoms with Crippen LogP contribution in [0.5, 0.6) is 0 Å². The first-order valence-corrected chi connectivity index (χ1v) is 8.81. The van der Waals surface area contributed by atoms with E-state index in [2.05, 4.69) is 27.5 Å². The Morgan fingerprint density at radius 1 is 1.35 bits per heavy atom. The van der Waals surface area contributed by atoms with Gasteiger partial charge in [-0.1, -0.05) is 11.6 Å². The van der Waals surface area contributed by atoms with E-state index in [4.69, 9.17) is 11.6 Å². The number of rotatable bonds is 5. The molecule has 0 saturated carbocycles. The minimum absolute atomic E-state index is 0. The molecule has 1 atom stereocenters. The Labute approximate surface area is 166 Å². The van der Waals surface area contributed by atoms with Crippen molar-refractivity contribution in [3.63, 3.8) is 0 Å². The van der Waals surface area contributed by atoms with Gasteiger partial charge in [0.05, 0.1) is 16.6 Å². The van der Waals surface area contributed by atoms with Crippen LogP contribution in [0.2, 0.25) is 4.34 Å². The van der Waals surface area contributed by atoms with Gasteiger partial charge >= 0.3 is 0 Å². The van der Waals surface area contributed by atoms with Crippen molar-refractivity contribution in [2.75, 3.05) is 13.6 Å². The van der Waals surface area contributed by atoms with E-state index in [1.165, 1.54) is 16.2 Å². The van der Waals surface area contributed by atoms with E-state index < -0.39 is 6.10 Å². The van der Waals surface area contributed by atoms with Gasteiger partial charge in [0.15, 0.2) is 5.96 Å². The fourth-order valence-electron chi connectivity index (χ4n) is 1.80. The van der Waals surface area contributed by atoms with E-state index >= 15 is 0 Å². The molecule has 2 rings (SSSR count). The number of nitrogens with one attached hydrogen (secondary N) is 2. The summed E-state index contributed by atoms with van der Waals surface area (Å²) in [4.78, 5) is 10.7. The molecule has 0 bridgehead atoms. The van der Waals surface area contributed by atoms with Crippen molar-refractivity contribution < 1.29 is 5.11 Å². The summed E-state index contributed by atoms with van der Waals surface area (Å²) >= 11 is 8.92. The second kappa shape index (κ2) is 9.77. The number of aromatic nitrogens is 1. The molecule has 0 radical (unpaired) electrons. The number of thiophene rings is 1. The Morgan fingerprint density at radius 2 is 2.09 bits per heavy atom. The molecule has 3 N–H and O–H groups in total. The van der Waals surface area contributed by atoms with Crippen LogP contribution >= 0.6 is 58.3 Å². The molecule has 23 heavy (non-hydrogen) atoms. The quantitative estimate of drug-likeness (QED) is 0.344. The van der Waals surface area contributed by atoms with Crippen LogP contribution in [0.1, 0.15) is 26.6 Å². The summed E-state index contributed by atoms with van der Waals surface area (Å²) in [6.07, 6.45) is -0.611. The Kier molecular flexibility index (Phi) is 8.76. The highest BCUT2D eigenvalue weighted by molar-refractivity contribution is 14.0. The van der Waals surface area contributed by atoms with Gasteiger partial charge in [0.2, 0.25) is 0 Å². The number of aliphatic hydroxyl groups is 1. The fourth-order valence-corrected chi connectivity index (χ4v) is 3.72. The van der Waals surface area contributed by atoms with Gasteiger partial charge in [0.25, 0.3) is 0 Å². The zero-order valence-electron chi connectivity index (χ0n) is 13.1. The second-order valence-electron chi connectivity index (χ2n) is 4.71. The van der Waals surface area contributed by atoms with Crippen LogP contribution in [0.25, 0.3) is 0 Å². The lowest BCUT2D eigenvalue weighted by Crippen LogP contribution is -2.38. The lowest BCUT2D eigenvalue weighted by Gasteiger charge is -2.14. The number of aliphatic imine (C=N–C) groups is 1. The number of aliphatic hydroxyl groups excluding tert-OH is 1. The molecule has 2 aromatic heterocycles. The molecule has 128 valence electrons. The Bertz CT molecular complexity index is 639. The molecule has 9 heteroatoms. The van der Waals surface area contributed by atoms with Crippen LogP contribution in [-0.4, -0.2) is 29.6 Å². The minimum Gasteiger partial charge on any atom is -0.386 e. The number of halogens is 2. The summed E-state index contributed by atoms with van der Waals surface area (Å²) in [6.45, 7) is 5.05. The van der Waals surface area contributed by atoms with Crippen molar-refractivity contribution in [1.82, 2.24) is 15.6 Å². The molecule has 0 fully saturated rings. The molecule has 0 spiro atoms. The van der Waals surface area contributed by atoms with Crippen molar-refractivity contribution >= 4 is 64.2 Å². The van der Waals surface area contributed by atoms with E-state index in [0.717, 1.165) is 15.6 Å². The summed E-state index contributed by atoms with van der Waals surface area (Å²) in [7, 11) is 1.70. The molecular formula is C14H20ClIN4OS2. The van der Waals surface area contributed by atoms with Gasteiger partial charge < -0.3 is 15.7 Å². The summed E-state index contributed by atoms with van der Waals surface area (Å²) in [5.74, 6) is 0.632. The molecule has 0 aliphatic heterocycles. The zero-order valence-corrected chi connectivity index (χ0v) is 17.8. The molecule has 1 unspecified atom stereocenters. The van der Waals surface area contributed by atoms with Gasteiger partial charge in [-0.05, 0) is 26.0 Å². The molecule has 0 amide bonds. The van der Waals surface area contributed by atoms with Gasteiger partial charge in [0.1, 0.15) is 11.1 Å². The first-order valence-electron chi connectivity index (χ1n) is 6.80. The molecule has 0 saturated heterocycles. The highest BCUT2D eigenvalue weighted by atomic mass is 127. The van der Waals surface area contributed by atoms with Gasteiger partial charge in [0, 0.05) is 23.3 Å². The van der Waals surface area contributed by atoms with E-state index in [1.807, 2.05) is 13.0 Å². The first-order chi connectivity index (χ1) is 10.5. The average Bonchev–Trinajstić information content (AvgIpc) is 3.05. The molecule has 0 aromatic carbocycles. The normalized spacial score (nSPS) is 12.7. The standard InChI is InChI=1S/C14H19ClN4OS2.HI/c1-8-9(2)21-13(19-8)7-18-14(16-3)17-6-10(20)11-4-5-12(15)22-11;/h4-5,10,20H,6-7H2,1-3H3,(H2,16,17,18);1H. The Balaban J connectivity index is 0.00000264. The van der Waals surface area contributed by atoms with E-state index in [-0.39, 0.29) is 24.0 Å². The van der Waals surface area contributed by atoms with Crippen molar-refractivity contribution in [2.45, 2.75) is 26.5 Å². The predicted molar refractivity (Wildman–Crippen MR) is 109 cm³/mol. The number of thiazole rings is 1. The van der Waals surface area contributed by atoms with Crippen molar-refractivity contribution in [2.24, 2.45) is 4.99 Å². The third-order valence-electron chi connectivity index (χ3n) is 3.09. The number of hydrogen-bond acceptors (Lipinski definition) is 5. The lowest BCUT2D eigenvalue weighted by atomic mass is 10.3. The van der Waals surface area contributed by atoms with Crippen LogP contribution < -0.4 is 10.6 Å². The fraction of sp³-hybridized carbons (Fsp3) is 0.429. The summed E-state index contributed by atoms with van der Waals surface area (Å²) in [5, 5.41) is 17.4. The maximum atomic E-state index is 10.1. The number of aryl methyl sites for hydroxylation is 2. The zero-order chi connectivity index (χ0) is 16.1. The second-order valence-corrected chi connectivity index (χ2v) is 7.75. The van der Waals surface area contributed by atoms with Crippen LogP contribution in [0.3, 0.4) is 0 Å². The van der Waals surface area contributed by atoms with Crippen molar-refractivity contribution in [3.05, 3.63) is 36.9 Å². The third-order valence-corrected chi connectivity index (χ3v) is 5.49. The van der Waals surface area contributed by atoms with Crippen molar-refractivity contribution in [1.29, 1.82) is 0 Å². The monoisotopic (exact) mass is 486 g/mol. The Hall–Kier alpha value is -0.420. The maximum Gasteiger partial charge on any atom is 0.191 e. The summed E-state index contributed by atoms with van der Waals surface area (Å²) in [5.41, 5.74) is 1.06. The molecule has 2 aromatic rings. The smallest absolute Gasteiger partial charge is 0.191 e. The molecular weight excluding hydrogens is 467 g/mol. The molecule has 0 aliphatic carbocycles. The largest absolute Gasteiger partial charge is 0.386 e. The van der Waals surface area contributed by atoms with Gasteiger partial charge in [-0.25, -0.2) is 4.98 Å². The number of nitrogens with zero attached hydrogens (tertiary/aromatic N) is 2. The summed E-state index contributed by atoms with van der Waals surface area (Å²) in [6, 6.07) is 3.61. The molecule has 5 nitrogen and oxygen atoms in total. The highest BCUT2D eigenvalue weighted by Crippen LogP contribution is 2.26. The van der Waals surface area contributed by atoms with Crippen LogP contribution in [0.15, 0.2) is 17.1 Å². The highest BCUT2D eigenvalue weighted by Gasteiger charge is 2.11. The number of guanidine groups is 1. The first kappa shape index (κ1) is 20.6. The topological polar surface area (TPSA) is 69.5 Å². The SMILES string of the molecule is CN=C(NCc1nc(C)c(C)s1)NCC(O)c1ccc(Cl)s1.I. The van der Waals surface area contributed by atoms with Gasteiger partial charge in [-0.15, -0.1) is 46.7 Å². The molecule has 2 heterocycles. The summed E-state index contributed by atoms with van der Waals surface area (Å²) < 4.78 is 0.672. The van der Waals surface area contributed by atoms with Crippen LogP contribution in [-0.2, 0) is 6.54 Å². The van der Waals surface area contributed by atoms with E-state index in [0.29, 0.717) is 23.4 Å². The average molecular weight is 487 g/mol. The van der Waals surface area contributed by atoms with Gasteiger partial charge in [-0.2, -0.15) is 0 Å². The van der Waals surface area contributed by atoms with E-state index in [9.17, 15) is 5.11 Å². The van der Waals surface area contributed by atoms with E-state index in [1.54, 1.807) is 24.5 Å². The Morgan fingerprint density at radius 3 is 2.61 bits per heavy atom.